The molecule has 0 aliphatic carbocycles. The van der Waals surface area contributed by atoms with Crippen molar-refractivity contribution >= 4 is 23.1 Å². The number of methoxy groups -OCH3 is 1. The van der Waals surface area contributed by atoms with Gasteiger partial charge in [0.1, 0.15) is 24.1 Å². The summed E-state index contributed by atoms with van der Waals surface area (Å²) in [6, 6.07) is 39.0. The number of nitrogens with zero attached hydrogens (tertiary/aromatic N) is 1. The van der Waals surface area contributed by atoms with Crippen LogP contribution in [0.15, 0.2) is 127 Å². The van der Waals surface area contributed by atoms with Gasteiger partial charge in [0.25, 0.3) is 0 Å². The van der Waals surface area contributed by atoms with Gasteiger partial charge in [0.15, 0.2) is 5.78 Å². The first-order chi connectivity index (χ1) is 22.4. The van der Waals surface area contributed by atoms with Crippen LogP contribution in [0.25, 0.3) is 0 Å². The van der Waals surface area contributed by atoms with E-state index in [0.717, 1.165) is 22.6 Å². The Balaban J connectivity index is 1.22. The molecule has 0 aliphatic rings. The highest BCUT2D eigenvalue weighted by Crippen LogP contribution is 2.23. The third-order valence-electron chi connectivity index (χ3n) is 7.70. The molecule has 46 heavy (non-hydrogen) atoms. The number of aliphatic carboxylic acids is 1. The summed E-state index contributed by atoms with van der Waals surface area (Å²) in [5.41, 5.74) is 5.72. The van der Waals surface area contributed by atoms with Crippen LogP contribution in [0.4, 0.5) is 11.4 Å². The lowest BCUT2D eigenvalue weighted by molar-refractivity contribution is -0.137. The van der Waals surface area contributed by atoms with E-state index in [1.165, 1.54) is 5.56 Å². The third kappa shape index (κ3) is 8.54. The maximum absolute atomic E-state index is 13.1. The topological polar surface area (TPSA) is 88.1 Å². The first kappa shape index (κ1) is 31.9. The molecule has 0 aromatic heterocycles. The Kier molecular flexibility index (Phi) is 10.7. The normalized spacial score (nSPS) is 11.3. The highest BCUT2D eigenvalue weighted by atomic mass is 16.5. The zero-order valence-corrected chi connectivity index (χ0v) is 26.1. The summed E-state index contributed by atoms with van der Waals surface area (Å²) >= 11 is 0. The van der Waals surface area contributed by atoms with Crippen molar-refractivity contribution in [2.24, 2.45) is 0 Å². The van der Waals surface area contributed by atoms with Gasteiger partial charge in [-0.3, -0.25) is 4.79 Å². The predicted octanol–water partition coefficient (Wildman–Crippen LogP) is 7.43. The number of aryl methyl sites for hydroxylation is 1. The van der Waals surface area contributed by atoms with Crippen molar-refractivity contribution in [2.45, 2.75) is 25.9 Å². The lowest BCUT2D eigenvalue weighted by Gasteiger charge is -2.26. The van der Waals surface area contributed by atoms with Crippen LogP contribution >= 0.6 is 0 Å². The van der Waals surface area contributed by atoms with Gasteiger partial charge in [-0.15, -0.1) is 0 Å². The van der Waals surface area contributed by atoms with Crippen molar-refractivity contribution in [2.75, 3.05) is 30.5 Å². The van der Waals surface area contributed by atoms with Gasteiger partial charge in [-0.05, 0) is 72.1 Å². The second-order valence-corrected chi connectivity index (χ2v) is 11.1. The Morgan fingerprint density at radius 2 is 1.52 bits per heavy atom. The number of nitrogens with one attached hydrogen (secondary N) is 1. The second-order valence-electron chi connectivity index (χ2n) is 11.1. The van der Waals surface area contributed by atoms with E-state index in [1.54, 1.807) is 55.6 Å². The molecular weight excluding hydrogens is 576 g/mol. The standard InChI is InChI=1S/C39H38N2O5/c1-28-10-8-14-32(24-28)41(27-30-11-9-15-34(25-30)45-2)22-23-46-33-20-18-29(19-21-33)26-37(39(43)44)40-36-17-7-6-16-35(36)38(42)31-12-4-3-5-13-31/h3-21,24-25,37,40H,22-23,26-27H2,1-2H3,(H,43,44)/t37-/m0/s1. The molecule has 0 saturated heterocycles. The molecule has 0 bridgehead atoms. The van der Waals surface area contributed by atoms with Gasteiger partial charge in [-0.1, -0.05) is 78.9 Å². The predicted molar refractivity (Wildman–Crippen MR) is 182 cm³/mol. The number of rotatable bonds is 15. The molecule has 7 heteroatoms. The van der Waals surface area contributed by atoms with Crippen LogP contribution in [0, 0.1) is 6.92 Å². The molecule has 0 amide bonds. The summed E-state index contributed by atoms with van der Waals surface area (Å²) in [5.74, 6) is 0.351. The first-order valence-electron chi connectivity index (χ1n) is 15.2. The molecule has 0 heterocycles. The van der Waals surface area contributed by atoms with E-state index in [4.69, 9.17) is 9.47 Å². The largest absolute Gasteiger partial charge is 0.497 e. The zero-order valence-electron chi connectivity index (χ0n) is 26.1. The SMILES string of the molecule is COc1cccc(CN(CCOc2ccc(C[C@H](Nc3ccccc3C(=O)c3ccccc3)C(=O)O)cc2)c2cccc(C)c2)c1. The van der Waals surface area contributed by atoms with E-state index >= 15 is 0 Å². The minimum Gasteiger partial charge on any atom is -0.497 e. The van der Waals surface area contributed by atoms with E-state index in [-0.39, 0.29) is 12.2 Å². The zero-order chi connectivity index (χ0) is 32.3. The van der Waals surface area contributed by atoms with E-state index in [9.17, 15) is 14.7 Å². The minimum atomic E-state index is -1.01. The fourth-order valence-electron chi connectivity index (χ4n) is 5.29. The van der Waals surface area contributed by atoms with Crippen LogP contribution < -0.4 is 19.7 Å². The maximum Gasteiger partial charge on any atom is 0.326 e. The van der Waals surface area contributed by atoms with Gasteiger partial charge in [0.05, 0.1) is 13.7 Å². The van der Waals surface area contributed by atoms with Crippen molar-refractivity contribution < 1.29 is 24.2 Å². The number of benzene rings is 5. The summed E-state index contributed by atoms with van der Waals surface area (Å²) in [6.07, 6.45) is 0.227. The van der Waals surface area contributed by atoms with Crippen molar-refractivity contribution in [3.8, 4) is 11.5 Å². The van der Waals surface area contributed by atoms with Crippen LogP contribution in [0.5, 0.6) is 11.5 Å². The molecule has 0 saturated carbocycles. The van der Waals surface area contributed by atoms with E-state index < -0.39 is 12.0 Å². The average molecular weight is 615 g/mol. The highest BCUT2D eigenvalue weighted by Gasteiger charge is 2.21. The van der Waals surface area contributed by atoms with Crippen molar-refractivity contribution in [1.82, 2.24) is 0 Å². The molecule has 0 spiro atoms. The monoisotopic (exact) mass is 614 g/mol. The van der Waals surface area contributed by atoms with Crippen LogP contribution in [0.3, 0.4) is 0 Å². The van der Waals surface area contributed by atoms with Crippen LogP contribution in [0.1, 0.15) is 32.6 Å². The van der Waals surface area contributed by atoms with E-state index in [0.29, 0.717) is 42.3 Å². The number of carbonyl (C=O) groups is 2. The molecule has 1 atom stereocenters. The summed E-state index contributed by atoms with van der Waals surface area (Å²) in [6.45, 7) is 3.91. The van der Waals surface area contributed by atoms with E-state index in [2.05, 4.69) is 47.5 Å². The third-order valence-corrected chi connectivity index (χ3v) is 7.70. The number of carboxylic acid groups (broad SMARTS) is 1. The summed E-state index contributed by atoms with van der Waals surface area (Å²) in [7, 11) is 1.67. The highest BCUT2D eigenvalue weighted by molar-refractivity contribution is 6.12. The van der Waals surface area contributed by atoms with Gasteiger partial charge in [0.2, 0.25) is 0 Å². The maximum atomic E-state index is 13.1. The lowest BCUT2D eigenvalue weighted by atomic mass is 10.00. The molecule has 234 valence electrons. The van der Waals surface area contributed by atoms with Gasteiger partial charge in [-0.2, -0.15) is 0 Å². The molecule has 0 fully saturated rings. The lowest BCUT2D eigenvalue weighted by Crippen LogP contribution is -2.32. The number of carbonyl (C=O) groups excluding carboxylic acids is 1. The molecule has 5 aromatic rings. The average Bonchev–Trinajstić information content (AvgIpc) is 3.08. The number of ether oxygens (including phenoxy) is 2. The van der Waals surface area contributed by atoms with Crippen molar-refractivity contribution in [3.63, 3.8) is 0 Å². The van der Waals surface area contributed by atoms with Crippen LogP contribution in [-0.4, -0.2) is 43.2 Å². The molecule has 0 aliphatic heterocycles. The Labute approximate surface area is 270 Å². The molecule has 2 N–H and O–H groups in total. The van der Waals surface area contributed by atoms with Crippen LogP contribution in [-0.2, 0) is 17.8 Å². The van der Waals surface area contributed by atoms with E-state index in [1.807, 2.05) is 48.5 Å². The van der Waals surface area contributed by atoms with Gasteiger partial charge < -0.3 is 24.8 Å². The molecule has 5 rings (SSSR count). The summed E-state index contributed by atoms with van der Waals surface area (Å²) in [4.78, 5) is 27.7. The number of anilines is 2. The molecular formula is C39H38N2O5. The van der Waals surface area contributed by atoms with Crippen molar-refractivity contribution in [3.05, 3.63) is 155 Å². The number of carboxylic acids is 1. The van der Waals surface area contributed by atoms with Gasteiger partial charge in [-0.25, -0.2) is 4.79 Å². The Morgan fingerprint density at radius 3 is 2.26 bits per heavy atom. The smallest absolute Gasteiger partial charge is 0.326 e. The number of hydrogen-bond acceptors (Lipinski definition) is 6. The fourth-order valence-corrected chi connectivity index (χ4v) is 5.29. The first-order valence-corrected chi connectivity index (χ1v) is 15.2. The molecule has 7 nitrogen and oxygen atoms in total. The quantitative estimate of drug-likeness (QED) is 0.119. The Morgan fingerprint density at radius 1 is 0.783 bits per heavy atom. The number of para-hydroxylation sites is 1. The summed E-state index contributed by atoms with van der Waals surface area (Å²) < 4.78 is 11.5. The Bertz CT molecular complexity index is 1750. The van der Waals surface area contributed by atoms with Crippen LogP contribution in [0.2, 0.25) is 0 Å². The van der Waals surface area contributed by atoms with Gasteiger partial charge in [0, 0.05) is 35.5 Å². The Hall–Kier alpha value is -5.56. The minimum absolute atomic E-state index is 0.168. The fraction of sp³-hybridized carbons (Fsp3) is 0.179. The molecule has 5 aromatic carbocycles. The van der Waals surface area contributed by atoms with Crippen molar-refractivity contribution in [1.29, 1.82) is 0 Å². The van der Waals surface area contributed by atoms with Gasteiger partial charge >= 0.3 is 5.97 Å². The molecule has 0 radical (unpaired) electrons. The number of ketones is 1. The molecule has 0 unspecified atom stereocenters. The summed E-state index contributed by atoms with van der Waals surface area (Å²) in [5, 5.41) is 13.1. The second kappa shape index (κ2) is 15.4. The number of hydrogen-bond donors (Lipinski definition) is 2.